The smallest absolute Gasteiger partial charge is 0.478 e. The monoisotopic (exact) mass is 652 g/mol. The normalized spacial score (nSPS) is 11.7. The number of aromatic carboxylic acids is 2. The summed E-state index contributed by atoms with van der Waals surface area (Å²) in [5.41, 5.74) is 0.113. The number of amides is 2. The maximum absolute atomic E-state index is 13.0. The average molecular weight is 653 g/mol. The maximum Gasteiger partial charge on any atom is 0.500 e. The molecular weight excluding hydrogens is 612 g/mol. The summed E-state index contributed by atoms with van der Waals surface area (Å²) in [7, 11) is 3.27. The number of carboxylic acid groups (broad SMARTS) is 2. The lowest BCUT2D eigenvalue weighted by Crippen LogP contribution is -2.43. The van der Waals surface area contributed by atoms with Crippen LogP contribution in [0.25, 0.3) is 11.1 Å². The van der Waals surface area contributed by atoms with Crippen LogP contribution < -0.4 is 10.6 Å². The molecule has 0 atom stereocenters. The van der Waals surface area contributed by atoms with Crippen LogP contribution >= 0.6 is 0 Å². The second-order valence-electron chi connectivity index (χ2n) is 9.44. The van der Waals surface area contributed by atoms with Gasteiger partial charge in [-0.25, -0.2) is 9.59 Å². The molecule has 2 aromatic rings. The van der Waals surface area contributed by atoms with E-state index in [0.29, 0.717) is 36.1 Å². The number of rotatable bonds is 19. The van der Waals surface area contributed by atoms with Crippen molar-refractivity contribution in [3.8, 4) is 11.1 Å². The number of carbonyl (C=O) groups excluding carboxylic acids is 2. The fraction of sp³-hybridized carbons (Fsp3) is 0.429. The number of benzene rings is 2. The van der Waals surface area contributed by atoms with Gasteiger partial charge in [-0.05, 0) is 48.2 Å². The average Bonchev–Trinajstić information content (AvgIpc) is 3.04. The van der Waals surface area contributed by atoms with E-state index < -0.39 is 41.4 Å². The van der Waals surface area contributed by atoms with Gasteiger partial charge in [0.05, 0.1) is 22.3 Å². The molecule has 4 N–H and O–H groups in total. The number of carbonyl (C=O) groups is 4. The predicted molar refractivity (Wildman–Crippen MR) is 163 cm³/mol. The summed E-state index contributed by atoms with van der Waals surface area (Å²) in [5, 5.41) is 24.9. The molecule has 0 bridgehead atoms. The van der Waals surface area contributed by atoms with Gasteiger partial charge >= 0.3 is 29.5 Å². The molecule has 2 amide bonds. The Labute approximate surface area is 258 Å². The zero-order chi connectivity index (χ0) is 32.9. The Morgan fingerprint density at radius 2 is 0.932 bits per heavy atom. The Kier molecular flexibility index (Phi) is 14.3. The lowest BCUT2D eigenvalue weighted by molar-refractivity contribution is 0.0682. The minimum Gasteiger partial charge on any atom is -0.478 e. The molecule has 16 heteroatoms. The highest BCUT2D eigenvalue weighted by Gasteiger charge is 2.37. The van der Waals surface area contributed by atoms with Gasteiger partial charge in [-0.2, -0.15) is 0 Å². The summed E-state index contributed by atoms with van der Waals surface area (Å²) in [6, 6.07) is 9.19. The molecule has 0 heterocycles. The fourth-order valence-electron chi connectivity index (χ4n) is 4.51. The van der Waals surface area contributed by atoms with E-state index in [0.717, 1.165) is 0 Å². The highest BCUT2D eigenvalue weighted by molar-refractivity contribution is 6.60. The summed E-state index contributed by atoms with van der Waals surface area (Å²) in [5.74, 6) is -3.84. The van der Waals surface area contributed by atoms with Gasteiger partial charge in [0.25, 0.3) is 11.8 Å². The van der Waals surface area contributed by atoms with Crippen molar-refractivity contribution >= 4 is 41.4 Å². The molecule has 242 valence electrons. The second kappa shape index (κ2) is 17.1. The van der Waals surface area contributed by atoms with Crippen LogP contribution in [0.5, 0.6) is 0 Å². The third-order valence-corrected chi connectivity index (χ3v) is 12.7. The molecule has 0 unspecified atom stereocenters. The van der Waals surface area contributed by atoms with Crippen LogP contribution in [0.15, 0.2) is 36.4 Å². The van der Waals surface area contributed by atoms with E-state index in [1.54, 1.807) is 0 Å². The highest BCUT2D eigenvalue weighted by atomic mass is 28.4. The topological polar surface area (TPSA) is 188 Å². The molecule has 0 fully saturated rings. The Bertz CT molecular complexity index is 1300. The molecule has 0 saturated carbocycles. The molecule has 14 nitrogen and oxygen atoms in total. The molecular formula is C28H40N2O12Si2. The molecule has 0 saturated heterocycles. The van der Waals surface area contributed by atoms with Crippen LogP contribution in [-0.4, -0.2) is 107 Å². The third-order valence-electron chi connectivity index (χ3n) is 7.08. The van der Waals surface area contributed by atoms with Crippen molar-refractivity contribution in [2.75, 3.05) is 55.7 Å². The summed E-state index contributed by atoms with van der Waals surface area (Å²) in [4.78, 5) is 49.9. The van der Waals surface area contributed by atoms with Crippen molar-refractivity contribution in [3.63, 3.8) is 0 Å². The molecule has 0 radical (unpaired) electrons. The molecule has 0 aromatic heterocycles. The van der Waals surface area contributed by atoms with E-state index in [-0.39, 0.29) is 35.3 Å². The third kappa shape index (κ3) is 9.26. The fourth-order valence-corrected chi connectivity index (χ4v) is 7.96. The molecule has 0 aliphatic carbocycles. The van der Waals surface area contributed by atoms with E-state index in [1.807, 2.05) is 0 Å². The minimum atomic E-state index is -2.84. The zero-order valence-electron chi connectivity index (χ0n) is 25.7. The second-order valence-corrected chi connectivity index (χ2v) is 15.6. The maximum atomic E-state index is 13.0. The van der Waals surface area contributed by atoms with E-state index in [4.69, 9.17) is 26.6 Å². The van der Waals surface area contributed by atoms with E-state index in [1.165, 1.54) is 79.1 Å². The van der Waals surface area contributed by atoms with Gasteiger partial charge in [0.15, 0.2) is 0 Å². The summed E-state index contributed by atoms with van der Waals surface area (Å²) in [6.07, 6.45) is 0.928. The lowest BCUT2D eigenvalue weighted by atomic mass is 9.95. The largest absolute Gasteiger partial charge is 0.500 e. The van der Waals surface area contributed by atoms with Gasteiger partial charge in [-0.1, -0.05) is 12.1 Å². The van der Waals surface area contributed by atoms with Crippen molar-refractivity contribution in [2.45, 2.75) is 24.9 Å². The van der Waals surface area contributed by atoms with Crippen LogP contribution in [0.2, 0.25) is 12.1 Å². The molecule has 0 aliphatic heterocycles. The first-order valence-corrected chi connectivity index (χ1v) is 17.4. The Morgan fingerprint density at radius 1 is 0.568 bits per heavy atom. The summed E-state index contributed by atoms with van der Waals surface area (Å²) < 4.78 is 32.2. The number of hydrogen-bond acceptors (Lipinski definition) is 10. The quantitative estimate of drug-likeness (QED) is 0.129. The highest BCUT2D eigenvalue weighted by Crippen LogP contribution is 2.26. The number of nitrogens with one attached hydrogen (secondary N) is 2. The van der Waals surface area contributed by atoms with Gasteiger partial charge in [-0.3, -0.25) is 9.59 Å². The van der Waals surface area contributed by atoms with Crippen molar-refractivity contribution in [3.05, 3.63) is 58.7 Å². The SMILES string of the molecule is CO[Si](CCCNC(=O)c1ccc(-c2ccc(C(=O)O)c(C(=O)NCCC[Si](OC)(OC)OC)c2)cc1C(=O)O)(OC)OC. The molecule has 44 heavy (non-hydrogen) atoms. The predicted octanol–water partition coefficient (Wildman–Crippen LogP) is 2.75. The summed E-state index contributed by atoms with van der Waals surface area (Å²) in [6.45, 7) is 0.427. The van der Waals surface area contributed by atoms with Gasteiger partial charge in [-0.15, -0.1) is 0 Å². The van der Waals surface area contributed by atoms with E-state index >= 15 is 0 Å². The van der Waals surface area contributed by atoms with Crippen LogP contribution in [-0.2, 0) is 26.6 Å². The van der Waals surface area contributed by atoms with Crippen molar-refractivity contribution in [2.24, 2.45) is 0 Å². The number of hydrogen-bond donors (Lipinski definition) is 4. The van der Waals surface area contributed by atoms with Crippen molar-refractivity contribution < 1.29 is 55.9 Å². The number of carboxylic acids is 2. The summed E-state index contributed by atoms with van der Waals surface area (Å²) >= 11 is 0. The zero-order valence-corrected chi connectivity index (χ0v) is 27.7. The van der Waals surface area contributed by atoms with Gasteiger partial charge in [0, 0.05) is 67.8 Å². The first-order valence-electron chi connectivity index (χ1n) is 13.6. The molecule has 2 rings (SSSR count). The van der Waals surface area contributed by atoms with Crippen molar-refractivity contribution in [1.29, 1.82) is 0 Å². The standard InChI is InChI=1S/C28H40N2O12Si2/c1-37-43(38-2,39-3)15-7-13-29-25(31)21-11-9-20(18-24(21)28(35)36)19-10-12-22(27(33)34)23(17-19)26(32)30-14-8-16-44(40-4,41-5)42-6/h9-12,17-18H,7-8,13-16H2,1-6H3,(H,29,31)(H,30,32)(H,33,34)(H,35,36). The van der Waals surface area contributed by atoms with Crippen molar-refractivity contribution in [1.82, 2.24) is 10.6 Å². The minimum absolute atomic E-state index is 0.0575. The Balaban J connectivity index is 2.24. The van der Waals surface area contributed by atoms with Gasteiger partial charge < -0.3 is 47.4 Å². The van der Waals surface area contributed by atoms with E-state index in [2.05, 4.69) is 10.6 Å². The van der Waals surface area contributed by atoms with Crippen LogP contribution in [0.3, 0.4) is 0 Å². The lowest BCUT2D eigenvalue weighted by Gasteiger charge is -2.24. The van der Waals surface area contributed by atoms with Gasteiger partial charge in [0.1, 0.15) is 0 Å². The van der Waals surface area contributed by atoms with Crippen LogP contribution in [0.4, 0.5) is 0 Å². The van der Waals surface area contributed by atoms with E-state index in [9.17, 15) is 29.4 Å². The van der Waals surface area contributed by atoms with Crippen LogP contribution in [0.1, 0.15) is 54.3 Å². The Hall–Kier alpha value is -3.49. The first kappa shape index (κ1) is 36.7. The molecule has 0 aliphatic rings. The molecule has 0 spiro atoms. The first-order chi connectivity index (χ1) is 21.0. The van der Waals surface area contributed by atoms with Gasteiger partial charge in [0.2, 0.25) is 0 Å². The molecule has 2 aromatic carbocycles. The Morgan fingerprint density at radius 3 is 1.32 bits per heavy atom. The van der Waals surface area contributed by atoms with Crippen LogP contribution in [0, 0.1) is 0 Å².